The number of nitrogens with one attached hydrogen (secondary N) is 2. The van der Waals surface area contributed by atoms with Gasteiger partial charge in [-0.15, -0.1) is 11.8 Å². The van der Waals surface area contributed by atoms with E-state index in [4.69, 9.17) is 0 Å². The SMILES string of the molecule is Cc1cccc(C)c1NC(=O)CN1C(=O)N[C@]2(CCSc3ccc(F)cc32)C1=O. The number of thioether (sulfide) groups is 1. The summed E-state index contributed by atoms with van der Waals surface area (Å²) >= 11 is 1.51. The van der Waals surface area contributed by atoms with Crippen molar-refractivity contribution in [3.05, 3.63) is 58.9 Å². The van der Waals surface area contributed by atoms with E-state index < -0.39 is 35.7 Å². The zero-order valence-corrected chi connectivity index (χ0v) is 16.9. The summed E-state index contributed by atoms with van der Waals surface area (Å²) in [5.41, 5.74) is 1.57. The van der Waals surface area contributed by atoms with Crippen molar-refractivity contribution in [1.29, 1.82) is 0 Å². The number of hydrogen-bond acceptors (Lipinski definition) is 4. The molecular weight excluding hydrogens is 393 g/mol. The van der Waals surface area contributed by atoms with Crippen LogP contribution < -0.4 is 10.6 Å². The van der Waals surface area contributed by atoms with Crippen molar-refractivity contribution in [3.8, 4) is 0 Å². The summed E-state index contributed by atoms with van der Waals surface area (Å²) < 4.78 is 13.9. The molecule has 1 saturated heterocycles. The molecule has 2 aromatic rings. The number of amides is 4. The number of hydrogen-bond donors (Lipinski definition) is 2. The van der Waals surface area contributed by atoms with Gasteiger partial charge in [-0.2, -0.15) is 0 Å². The standard InChI is InChI=1S/C21H20FN3O3S/c1-12-4-3-5-13(2)18(12)23-17(26)11-25-19(27)21(24-20(25)28)8-9-29-16-7-6-14(22)10-15(16)21/h3-7,10H,8-9,11H2,1-2H3,(H,23,26)(H,24,28)/t21-/m0/s1. The van der Waals surface area contributed by atoms with E-state index in [1.165, 1.54) is 23.9 Å². The van der Waals surface area contributed by atoms with Gasteiger partial charge >= 0.3 is 6.03 Å². The van der Waals surface area contributed by atoms with E-state index in [0.29, 0.717) is 23.4 Å². The van der Waals surface area contributed by atoms with Crippen LogP contribution in [-0.2, 0) is 15.1 Å². The highest BCUT2D eigenvalue weighted by atomic mass is 32.2. The van der Waals surface area contributed by atoms with E-state index in [2.05, 4.69) is 10.6 Å². The van der Waals surface area contributed by atoms with E-state index in [1.54, 1.807) is 6.07 Å². The molecule has 0 aliphatic carbocycles. The van der Waals surface area contributed by atoms with Crippen LogP contribution in [0.1, 0.15) is 23.1 Å². The first kappa shape index (κ1) is 19.4. The number of imide groups is 1. The predicted octanol–water partition coefficient (Wildman–Crippen LogP) is 3.32. The van der Waals surface area contributed by atoms with Gasteiger partial charge in [-0.25, -0.2) is 9.18 Å². The lowest BCUT2D eigenvalue weighted by molar-refractivity contribution is -0.134. The third kappa shape index (κ3) is 3.27. The second kappa shape index (κ2) is 7.18. The number of nitrogens with zero attached hydrogens (tertiary/aromatic N) is 1. The molecule has 4 amide bonds. The van der Waals surface area contributed by atoms with Crippen molar-refractivity contribution in [2.24, 2.45) is 0 Å². The summed E-state index contributed by atoms with van der Waals surface area (Å²) in [6, 6.07) is 9.23. The topological polar surface area (TPSA) is 78.5 Å². The zero-order valence-electron chi connectivity index (χ0n) is 16.0. The van der Waals surface area contributed by atoms with Crippen LogP contribution in [0.2, 0.25) is 0 Å². The summed E-state index contributed by atoms with van der Waals surface area (Å²) in [5, 5.41) is 5.51. The molecule has 8 heteroatoms. The van der Waals surface area contributed by atoms with E-state index in [1.807, 2.05) is 32.0 Å². The molecule has 2 heterocycles. The van der Waals surface area contributed by atoms with E-state index in [9.17, 15) is 18.8 Å². The van der Waals surface area contributed by atoms with E-state index in [0.717, 1.165) is 20.9 Å². The van der Waals surface area contributed by atoms with Gasteiger partial charge in [0.2, 0.25) is 5.91 Å². The lowest BCUT2D eigenvalue weighted by Crippen LogP contribution is -2.47. The number of rotatable bonds is 3. The van der Waals surface area contributed by atoms with Gasteiger partial charge in [0, 0.05) is 21.9 Å². The van der Waals surface area contributed by atoms with Crippen LogP contribution in [0.5, 0.6) is 0 Å². The highest BCUT2D eigenvalue weighted by Crippen LogP contribution is 2.43. The number of halogens is 1. The van der Waals surface area contributed by atoms with Crippen molar-refractivity contribution in [1.82, 2.24) is 10.2 Å². The smallest absolute Gasteiger partial charge is 0.324 e. The Morgan fingerprint density at radius 2 is 1.97 bits per heavy atom. The highest BCUT2D eigenvalue weighted by molar-refractivity contribution is 7.99. The van der Waals surface area contributed by atoms with Gasteiger partial charge in [0.25, 0.3) is 5.91 Å². The van der Waals surface area contributed by atoms with E-state index >= 15 is 0 Å². The fraction of sp³-hybridized carbons (Fsp3) is 0.286. The fourth-order valence-electron chi connectivity index (χ4n) is 3.87. The van der Waals surface area contributed by atoms with Gasteiger partial charge in [0.1, 0.15) is 17.9 Å². The molecule has 0 bridgehead atoms. The molecule has 29 heavy (non-hydrogen) atoms. The first-order valence-corrected chi connectivity index (χ1v) is 10.2. The van der Waals surface area contributed by atoms with Gasteiger partial charge in [-0.1, -0.05) is 18.2 Å². The predicted molar refractivity (Wildman–Crippen MR) is 108 cm³/mol. The van der Waals surface area contributed by atoms with Gasteiger partial charge in [0.05, 0.1) is 0 Å². The average molecular weight is 413 g/mol. The second-order valence-corrected chi connectivity index (χ2v) is 8.42. The number of fused-ring (bicyclic) bond motifs is 2. The minimum atomic E-state index is -1.32. The summed E-state index contributed by atoms with van der Waals surface area (Å²) in [6.45, 7) is 3.34. The molecule has 150 valence electrons. The first-order valence-electron chi connectivity index (χ1n) is 9.25. The molecule has 2 N–H and O–H groups in total. The molecular formula is C21H20FN3O3S. The number of para-hydroxylation sites is 1. The Morgan fingerprint density at radius 1 is 1.24 bits per heavy atom. The van der Waals surface area contributed by atoms with Crippen LogP contribution in [0.25, 0.3) is 0 Å². The minimum absolute atomic E-state index is 0.341. The van der Waals surface area contributed by atoms with Gasteiger partial charge in [-0.05, 0) is 49.6 Å². The number of urea groups is 1. The summed E-state index contributed by atoms with van der Waals surface area (Å²) in [5.74, 6) is -0.856. The fourth-order valence-corrected chi connectivity index (χ4v) is 5.05. The number of benzene rings is 2. The minimum Gasteiger partial charge on any atom is -0.324 e. The van der Waals surface area contributed by atoms with Crippen molar-refractivity contribution < 1.29 is 18.8 Å². The van der Waals surface area contributed by atoms with Crippen molar-refractivity contribution in [2.45, 2.75) is 30.7 Å². The molecule has 1 spiro atoms. The largest absolute Gasteiger partial charge is 0.325 e. The molecule has 2 aliphatic rings. The Balaban J connectivity index is 1.59. The van der Waals surface area contributed by atoms with Crippen molar-refractivity contribution in [2.75, 3.05) is 17.6 Å². The maximum atomic E-state index is 13.9. The lowest BCUT2D eigenvalue weighted by Gasteiger charge is -2.32. The molecule has 1 atom stereocenters. The molecule has 1 fully saturated rings. The van der Waals surface area contributed by atoms with Crippen LogP contribution in [0.15, 0.2) is 41.3 Å². The maximum absolute atomic E-state index is 13.9. The van der Waals surface area contributed by atoms with Gasteiger partial charge in [0.15, 0.2) is 0 Å². The normalized spacial score (nSPS) is 20.6. The molecule has 4 rings (SSSR count). The van der Waals surface area contributed by atoms with Crippen molar-refractivity contribution in [3.63, 3.8) is 0 Å². The molecule has 2 aromatic carbocycles. The maximum Gasteiger partial charge on any atom is 0.325 e. The number of carbonyl (C=O) groups excluding carboxylic acids is 3. The number of aryl methyl sites for hydroxylation is 2. The summed E-state index contributed by atoms with van der Waals surface area (Å²) in [6.07, 6.45) is 0.341. The Hall–Kier alpha value is -2.87. The number of carbonyl (C=O) groups is 3. The number of anilines is 1. The van der Waals surface area contributed by atoms with Crippen LogP contribution in [-0.4, -0.2) is 35.0 Å². The van der Waals surface area contributed by atoms with Crippen LogP contribution in [0, 0.1) is 19.7 Å². The van der Waals surface area contributed by atoms with Crippen molar-refractivity contribution >= 4 is 35.3 Å². The second-order valence-electron chi connectivity index (χ2n) is 7.28. The Morgan fingerprint density at radius 3 is 2.69 bits per heavy atom. The lowest BCUT2D eigenvalue weighted by atomic mass is 9.86. The average Bonchev–Trinajstić information content (AvgIpc) is 2.90. The van der Waals surface area contributed by atoms with Gasteiger partial charge < -0.3 is 10.6 Å². The zero-order chi connectivity index (χ0) is 20.8. The molecule has 6 nitrogen and oxygen atoms in total. The quantitative estimate of drug-likeness (QED) is 0.757. The Labute approximate surface area is 171 Å². The molecule has 0 unspecified atom stereocenters. The molecule has 0 saturated carbocycles. The van der Waals surface area contributed by atoms with Crippen LogP contribution in [0.3, 0.4) is 0 Å². The summed E-state index contributed by atoms with van der Waals surface area (Å²) in [7, 11) is 0. The third-order valence-corrected chi connectivity index (χ3v) is 6.43. The van der Waals surface area contributed by atoms with Crippen LogP contribution in [0.4, 0.5) is 14.9 Å². The molecule has 2 aliphatic heterocycles. The molecule has 0 radical (unpaired) electrons. The summed E-state index contributed by atoms with van der Waals surface area (Å²) in [4.78, 5) is 40.1. The third-order valence-electron chi connectivity index (χ3n) is 5.36. The highest BCUT2D eigenvalue weighted by Gasteiger charge is 2.54. The van der Waals surface area contributed by atoms with Gasteiger partial charge in [-0.3, -0.25) is 14.5 Å². The molecule has 0 aromatic heterocycles. The first-order chi connectivity index (χ1) is 13.8. The Kier molecular flexibility index (Phi) is 4.82. The van der Waals surface area contributed by atoms with Crippen LogP contribution >= 0.6 is 11.8 Å². The van der Waals surface area contributed by atoms with E-state index in [-0.39, 0.29) is 0 Å². The monoisotopic (exact) mass is 413 g/mol. The Bertz CT molecular complexity index is 1020.